The molecule has 2 N–H and O–H groups in total. The Bertz CT molecular complexity index is 1480. The first kappa shape index (κ1) is 24.1. The van der Waals surface area contributed by atoms with Crippen molar-refractivity contribution < 1.29 is 17.9 Å². The van der Waals surface area contributed by atoms with Gasteiger partial charge in [0, 0.05) is 34.0 Å². The highest BCUT2D eigenvalue weighted by Gasteiger charge is 2.23. The lowest BCUT2D eigenvalue weighted by molar-refractivity contribution is -0.117. The molecule has 1 atom stereocenters. The Morgan fingerprint density at radius 3 is 2.47 bits per heavy atom. The van der Waals surface area contributed by atoms with Gasteiger partial charge in [-0.05, 0) is 63.2 Å². The van der Waals surface area contributed by atoms with Crippen molar-refractivity contribution in [1.29, 1.82) is 0 Å². The molecule has 0 fully saturated rings. The third kappa shape index (κ3) is 4.61. The van der Waals surface area contributed by atoms with Gasteiger partial charge in [-0.1, -0.05) is 29.8 Å². The lowest BCUT2D eigenvalue weighted by Crippen LogP contribution is -2.41. The van der Waals surface area contributed by atoms with Gasteiger partial charge in [0.15, 0.2) is 0 Å². The first-order chi connectivity index (χ1) is 16.2. The van der Waals surface area contributed by atoms with Crippen molar-refractivity contribution in [3.63, 3.8) is 0 Å². The maximum absolute atomic E-state index is 12.8. The highest BCUT2D eigenvalue weighted by Crippen LogP contribution is 2.31. The normalized spacial score (nSPS) is 12.7. The number of fused-ring (bicyclic) bond motifs is 3. The molecular formula is C25H26ClN3O4S. The number of ether oxygens (including phenoxy) is 1. The largest absolute Gasteiger partial charge is 0.492 e. The van der Waals surface area contributed by atoms with Crippen LogP contribution in [0, 0.1) is 0 Å². The second kappa shape index (κ2) is 9.66. The number of nitrogens with one attached hydrogen (secondary N) is 2. The fourth-order valence-corrected chi connectivity index (χ4v) is 5.53. The van der Waals surface area contributed by atoms with Crippen LogP contribution in [-0.4, -0.2) is 31.5 Å². The minimum atomic E-state index is -3.97. The summed E-state index contributed by atoms with van der Waals surface area (Å²) in [6.07, 6.45) is 0. The number of amides is 1. The summed E-state index contributed by atoms with van der Waals surface area (Å²) in [4.78, 5) is 12.8. The third-order valence-electron chi connectivity index (χ3n) is 5.59. The SMILES string of the molecule is CCOc1ccc(S(=O)(=O)N[C@@H](C)C(=O)Nc2ccc3c(c2)c2ccccc2n3CC)cc1Cl. The van der Waals surface area contributed by atoms with E-state index in [2.05, 4.69) is 27.6 Å². The molecule has 178 valence electrons. The number of para-hydroxylation sites is 1. The van der Waals surface area contributed by atoms with E-state index in [1.54, 1.807) is 0 Å². The first-order valence-corrected chi connectivity index (χ1v) is 12.9. The van der Waals surface area contributed by atoms with Crippen molar-refractivity contribution in [1.82, 2.24) is 9.29 Å². The number of aromatic nitrogens is 1. The van der Waals surface area contributed by atoms with Crippen molar-refractivity contribution in [3.05, 3.63) is 65.7 Å². The van der Waals surface area contributed by atoms with Gasteiger partial charge < -0.3 is 14.6 Å². The number of sulfonamides is 1. The van der Waals surface area contributed by atoms with Crippen LogP contribution < -0.4 is 14.8 Å². The van der Waals surface area contributed by atoms with E-state index in [1.807, 2.05) is 43.3 Å². The highest BCUT2D eigenvalue weighted by atomic mass is 35.5. The molecule has 1 amide bonds. The lowest BCUT2D eigenvalue weighted by Gasteiger charge is -2.15. The average Bonchev–Trinajstić information content (AvgIpc) is 3.13. The molecule has 0 aliphatic carbocycles. The molecule has 0 unspecified atom stereocenters. The summed E-state index contributed by atoms with van der Waals surface area (Å²) in [6, 6.07) is 17.0. The van der Waals surface area contributed by atoms with Gasteiger partial charge >= 0.3 is 0 Å². The van der Waals surface area contributed by atoms with Crippen LogP contribution in [-0.2, 0) is 21.4 Å². The monoisotopic (exact) mass is 499 g/mol. The number of aryl methyl sites for hydroxylation is 1. The van der Waals surface area contributed by atoms with Crippen LogP contribution in [0.4, 0.5) is 5.69 Å². The number of rotatable bonds is 8. The van der Waals surface area contributed by atoms with Gasteiger partial charge in [-0.15, -0.1) is 0 Å². The molecule has 0 saturated heterocycles. The maximum Gasteiger partial charge on any atom is 0.242 e. The number of hydrogen-bond donors (Lipinski definition) is 2. The van der Waals surface area contributed by atoms with E-state index in [9.17, 15) is 13.2 Å². The predicted molar refractivity (Wildman–Crippen MR) is 136 cm³/mol. The second-order valence-corrected chi connectivity index (χ2v) is 9.97. The molecule has 0 bridgehead atoms. The van der Waals surface area contributed by atoms with Crippen LogP contribution in [0.3, 0.4) is 0 Å². The van der Waals surface area contributed by atoms with Crippen molar-refractivity contribution in [3.8, 4) is 5.75 Å². The van der Waals surface area contributed by atoms with E-state index >= 15 is 0 Å². The number of halogens is 1. The van der Waals surface area contributed by atoms with Gasteiger partial charge in [0.25, 0.3) is 0 Å². The van der Waals surface area contributed by atoms with Crippen LogP contribution in [0.15, 0.2) is 65.6 Å². The van der Waals surface area contributed by atoms with Crippen LogP contribution in [0.25, 0.3) is 21.8 Å². The van der Waals surface area contributed by atoms with Crippen molar-refractivity contribution in [2.75, 3.05) is 11.9 Å². The summed E-state index contributed by atoms with van der Waals surface area (Å²) in [5.41, 5.74) is 2.79. The molecule has 34 heavy (non-hydrogen) atoms. The van der Waals surface area contributed by atoms with Crippen molar-refractivity contribution in [2.45, 2.75) is 38.3 Å². The van der Waals surface area contributed by atoms with Crippen LogP contribution in [0.5, 0.6) is 5.75 Å². The summed E-state index contributed by atoms with van der Waals surface area (Å²) >= 11 is 6.12. The van der Waals surface area contributed by atoms with Crippen LogP contribution in [0.1, 0.15) is 20.8 Å². The Labute approximate surface area is 203 Å². The highest BCUT2D eigenvalue weighted by molar-refractivity contribution is 7.89. The fourth-order valence-electron chi connectivity index (χ4n) is 4.00. The molecule has 3 aromatic carbocycles. The van der Waals surface area contributed by atoms with E-state index in [4.69, 9.17) is 16.3 Å². The zero-order chi connectivity index (χ0) is 24.5. The average molecular weight is 500 g/mol. The Balaban J connectivity index is 1.53. The zero-order valence-corrected chi connectivity index (χ0v) is 20.7. The van der Waals surface area contributed by atoms with E-state index in [-0.39, 0.29) is 9.92 Å². The smallest absolute Gasteiger partial charge is 0.242 e. The first-order valence-electron chi connectivity index (χ1n) is 11.0. The predicted octanol–water partition coefficient (Wildman–Crippen LogP) is 5.17. The van der Waals surface area contributed by atoms with Crippen LogP contribution in [0.2, 0.25) is 5.02 Å². The Kier molecular flexibility index (Phi) is 6.84. The number of carbonyl (C=O) groups excluding carboxylic acids is 1. The number of carbonyl (C=O) groups is 1. The fraction of sp³-hybridized carbons (Fsp3) is 0.240. The minimum Gasteiger partial charge on any atom is -0.492 e. The quantitative estimate of drug-likeness (QED) is 0.350. The number of nitrogens with zero attached hydrogens (tertiary/aromatic N) is 1. The lowest BCUT2D eigenvalue weighted by atomic mass is 10.1. The van der Waals surface area contributed by atoms with Crippen molar-refractivity contribution >= 4 is 55.0 Å². The van der Waals surface area contributed by atoms with Crippen molar-refractivity contribution in [2.24, 2.45) is 0 Å². The zero-order valence-electron chi connectivity index (χ0n) is 19.1. The van der Waals surface area contributed by atoms with Gasteiger partial charge in [0.05, 0.1) is 22.6 Å². The van der Waals surface area contributed by atoms with Gasteiger partial charge in [0.2, 0.25) is 15.9 Å². The summed E-state index contributed by atoms with van der Waals surface area (Å²) in [5, 5.41) is 5.11. The molecule has 4 rings (SSSR count). The number of hydrogen-bond acceptors (Lipinski definition) is 4. The second-order valence-electron chi connectivity index (χ2n) is 7.85. The number of anilines is 1. The Hall–Kier alpha value is -3.07. The molecule has 9 heteroatoms. The molecule has 0 radical (unpaired) electrons. The summed E-state index contributed by atoms with van der Waals surface area (Å²) in [6.45, 7) is 6.62. The summed E-state index contributed by atoms with van der Waals surface area (Å²) in [5.74, 6) is -0.0760. The number of benzene rings is 3. The summed E-state index contributed by atoms with van der Waals surface area (Å²) < 4.78 is 35.5. The standard InChI is InChI=1S/C25H26ClN3O4S/c1-4-29-22-9-7-6-8-19(22)20-14-17(10-12-23(20)29)27-25(30)16(3)28-34(31,32)18-11-13-24(33-5-2)21(26)15-18/h6-16,28H,4-5H2,1-3H3,(H,27,30)/t16-/m0/s1. The molecule has 7 nitrogen and oxygen atoms in total. The van der Waals surface area contributed by atoms with Gasteiger partial charge in [-0.2, -0.15) is 4.72 Å². The molecule has 0 aliphatic rings. The van der Waals surface area contributed by atoms with Gasteiger partial charge in [-0.3, -0.25) is 4.79 Å². The topological polar surface area (TPSA) is 89.4 Å². The molecule has 4 aromatic rings. The van der Waals surface area contributed by atoms with Gasteiger partial charge in [-0.25, -0.2) is 8.42 Å². The van der Waals surface area contributed by atoms with E-state index in [1.165, 1.54) is 25.1 Å². The molecule has 1 heterocycles. The van der Waals surface area contributed by atoms with E-state index in [0.29, 0.717) is 18.0 Å². The molecular weight excluding hydrogens is 474 g/mol. The minimum absolute atomic E-state index is 0.0469. The molecule has 0 saturated carbocycles. The van der Waals surface area contributed by atoms with E-state index < -0.39 is 22.0 Å². The van der Waals surface area contributed by atoms with Gasteiger partial charge in [0.1, 0.15) is 5.75 Å². The summed E-state index contributed by atoms with van der Waals surface area (Å²) in [7, 11) is -3.97. The molecule has 0 spiro atoms. The van der Waals surface area contributed by atoms with E-state index in [0.717, 1.165) is 28.4 Å². The Morgan fingerprint density at radius 1 is 1.03 bits per heavy atom. The third-order valence-corrected chi connectivity index (χ3v) is 7.43. The Morgan fingerprint density at radius 2 is 1.76 bits per heavy atom. The maximum atomic E-state index is 12.8. The molecule has 1 aromatic heterocycles. The van der Waals surface area contributed by atoms with Crippen LogP contribution >= 0.6 is 11.6 Å². The molecule has 0 aliphatic heterocycles.